The average molecular weight is 208 g/mol. The maximum atomic E-state index is 11.1. The summed E-state index contributed by atoms with van der Waals surface area (Å²) in [6.45, 7) is 3.52. The number of quaternary nitrogens is 1. The van der Waals surface area contributed by atoms with Crippen LogP contribution in [0.1, 0.15) is 26.2 Å². The Morgan fingerprint density at radius 1 is 1.38 bits per heavy atom. The minimum Gasteiger partial charge on any atom is -0.309 e. The van der Waals surface area contributed by atoms with Gasteiger partial charge in [-0.3, -0.25) is 4.55 Å². The standard InChI is InChI=1S/C8H17NO3S/c1-3-8(13(10,11)12)9(2)6-4-5-7-9/h8H,3-7H2,1-2H3/p+1. The van der Waals surface area contributed by atoms with Gasteiger partial charge in [0, 0.05) is 19.3 Å². The van der Waals surface area contributed by atoms with Crippen molar-refractivity contribution in [3.05, 3.63) is 0 Å². The molecule has 1 N–H and O–H groups in total. The Morgan fingerprint density at radius 3 is 2.15 bits per heavy atom. The van der Waals surface area contributed by atoms with Crippen molar-refractivity contribution in [1.82, 2.24) is 0 Å². The van der Waals surface area contributed by atoms with Gasteiger partial charge in [0.2, 0.25) is 5.37 Å². The second-order valence-electron chi connectivity index (χ2n) is 4.01. The van der Waals surface area contributed by atoms with E-state index in [4.69, 9.17) is 4.55 Å². The first-order chi connectivity index (χ1) is 5.90. The molecule has 0 aliphatic carbocycles. The summed E-state index contributed by atoms with van der Waals surface area (Å²) in [6, 6.07) is 0. The third-order valence-corrected chi connectivity index (χ3v) is 4.51. The molecule has 0 saturated carbocycles. The minimum absolute atomic E-state index is 0.481. The fourth-order valence-corrected chi connectivity index (χ4v) is 3.59. The second kappa shape index (κ2) is 3.55. The molecule has 0 aromatic rings. The first kappa shape index (κ1) is 10.9. The molecule has 0 amide bonds. The fourth-order valence-electron chi connectivity index (χ4n) is 2.32. The monoisotopic (exact) mass is 208 g/mol. The Bertz CT molecular complexity index is 267. The van der Waals surface area contributed by atoms with Gasteiger partial charge in [-0.15, -0.1) is 0 Å². The van der Waals surface area contributed by atoms with E-state index in [0.29, 0.717) is 10.9 Å². The Kier molecular flexibility index (Phi) is 2.99. The van der Waals surface area contributed by atoms with E-state index < -0.39 is 15.5 Å². The third kappa shape index (κ3) is 2.21. The molecule has 1 unspecified atom stereocenters. The zero-order valence-electron chi connectivity index (χ0n) is 8.23. The van der Waals surface area contributed by atoms with Gasteiger partial charge >= 0.3 is 10.1 Å². The highest BCUT2D eigenvalue weighted by atomic mass is 32.2. The van der Waals surface area contributed by atoms with Crippen LogP contribution in [0.25, 0.3) is 0 Å². The van der Waals surface area contributed by atoms with Crippen molar-refractivity contribution in [3.8, 4) is 0 Å². The highest BCUT2D eigenvalue weighted by Crippen LogP contribution is 2.25. The third-order valence-electron chi connectivity index (χ3n) is 2.98. The van der Waals surface area contributed by atoms with Crippen molar-refractivity contribution in [2.75, 3.05) is 20.1 Å². The van der Waals surface area contributed by atoms with Gasteiger partial charge < -0.3 is 4.48 Å². The molecule has 1 aliphatic heterocycles. The highest BCUT2D eigenvalue weighted by molar-refractivity contribution is 7.86. The predicted molar refractivity (Wildman–Crippen MR) is 50.8 cm³/mol. The molecule has 0 radical (unpaired) electrons. The maximum Gasteiger partial charge on any atom is 0.319 e. The number of nitrogens with zero attached hydrogens (tertiary/aromatic N) is 1. The number of hydrogen-bond acceptors (Lipinski definition) is 2. The van der Waals surface area contributed by atoms with E-state index in [2.05, 4.69) is 0 Å². The summed E-state index contributed by atoms with van der Waals surface area (Å²) < 4.78 is 31.7. The SMILES string of the molecule is CCC([N+]1(C)CCCC1)S(=O)(=O)O. The van der Waals surface area contributed by atoms with Crippen LogP contribution >= 0.6 is 0 Å². The summed E-state index contributed by atoms with van der Waals surface area (Å²) in [4.78, 5) is 0. The van der Waals surface area contributed by atoms with E-state index >= 15 is 0 Å². The van der Waals surface area contributed by atoms with E-state index in [0.717, 1.165) is 25.9 Å². The van der Waals surface area contributed by atoms with Crippen LogP contribution in [0, 0.1) is 0 Å². The first-order valence-electron chi connectivity index (χ1n) is 4.70. The zero-order chi connectivity index (χ0) is 10.1. The van der Waals surface area contributed by atoms with Crippen LogP contribution in [0.3, 0.4) is 0 Å². The van der Waals surface area contributed by atoms with Gasteiger partial charge in [0.25, 0.3) is 0 Å². The average Bonchev–Trinajstić information content (AvgIpc) is 2.34. The van der Waals surface area contributed by atoms with Gasteiger partial charge in [-0.25, -0.2) is 0 Å². The Labute approximate surface area is 79.9 Å². The molecule has 0 aromatic carbocycles. The largest absolute Gasteiger partial charge is 0.319 e. The molecule has 4 nitrogen and oxygen atoms in total. The van der Waals surface area contributed by atoms with Crippen LogP contribution in [-0.4, -0.2) is 43.0 Å². The summed E-state index contributed by atoms with van der Waals surface area (Å²) in [6.07, 6.45) is 2.60. The molecular weight excluding hydrogens is 190 g/mol. The highest BCUT2D eigenvalue weighted by Gasteiger charge is 2.42. The van der Waals surface area contributed by atoms with Gasteiger partial charge in [0.15, 0.2) is 0 Å². The Balaban J connectivity index is 2.89. The molecule has 1 saturated heterocycles. The van der Waals surface area contributed by atoms with Crippen LogP contribution in [0.4, 0.5) is 0 Å². The fraction of sp³-hybridized carbons (Fsp3) is 1.00. The molecule has 1 fully saturated rings. The molecule has 0 spiro atoms. The van der Waals surface area contributed by atoms with E-state index in [9.17, 15) is 8.42 Å². The number of rotatable bonds is 3. The molecule has 1 rings (SSSR count). The normalized spacial score (nSPS) is 24.5. The topological polar surface area (TPSA) is 54.4 Å². The Morgan fingerprint density at radius 2 is 1.85 bits per heavy atom. The molecule has 78 valence electrons. The smallest absolute Gasteiger partial charge is 0.309 e. The molecule has 13 heavy (non-hydrogen) atoms. The molecule has 1 heterocycles. The van der Waals surface area contributed by atoms with Crippen LogP contribution in [0.2, 0.25) is 0 Å². The lowest BCUT2D eigenvalue weighted by molar-refractivity contribution is -0.908. The second-order valence-corrected chi connectivity index (χ2v) is 5.59. The Hall–Kier alpha value is -0.130. The summed E-state index contributed by atoms with van der Waals surface area (Å²) >= 11 is 0. The van der Waals surface area contributed by atoms with Gasteiger partial charge in [-0.1, -0.05) is 6.92 Å². The molecule has 5 heteroatoms. The van der Waals surface area contributed by atoms with Crippen molar-refractivity contribution in [1.29, 1.82) is 0 Å². The van der Waals surface area contributed by atoms with Crippen molar-refractivity contribution in [2.24, 2.45) is 0 Å². The molecule has 1 atom stereocenters. The first-order valence-corrected chi connectivity index (χ1v) is 6.21. The quantitative estimate of drug-likeness (QED) is 0.552. The van der Waals surface area contributed by atoms with Crippen molar-refractivity contribution >= 4 is 10.1 Å². The summed E-state index contributed by atoms with van der Waals surface area (Å²) in [7, 11) is -1.97. The summed E-state index contributed by atoms with van der Waals surface area (Å²) in [5.41, 5.74) is 0. The molecule has 0 bridgehead atoms. The van der Waals surface area contributed by atoms with Gasteiger partial charge in [-0.05, 0) is 0 Å². The lowest BCUT2D eigenvalue weighted by atomic mass is 10.4. The van der Waals surface area contributed by atoms with Crippen molar-refractivity contribution < 1.29 is 17.5 Å². The summed E-state index contributed by atoms with van der Waals surface area (Å²) in [5, 5.41) is -0.630. The van der Waals surface area contributed by atoms with Gasteiger partial charge in [0.05, 0.1) is 20.1 Å². The number of likely N-dealkylation sites (tertiary alicyclic amines) is 1. The lowest BCUT2D eigenvalue weighted by Gasteiger charge is -2.35. The van der Waals surface area contributed by atoms with E-state index in [1.165, 1.54) is 0 Å². The van der Waals surface area contributed by atoms with Crippen LogP contribution in [0.15, 0.2) is 0 Å². The summed E-state index contributed by atoms with van der Waals surface area (Å²) in [5.74, 6) is 0. The van der Waals surface area contributed by atoms with Crippen molar-refractivity contribution in [2.45, 2.75) is 31.6 Å². The van der Waals surface area contributed by atoms with Gasteiger partial charge in [0.1, 0.15) is 0 Å². The lowest BCUT2D eigenvalue weighted by Crippen LogP contribution is -2.53. The number of hydrogen-bond donors (Lipinski definition) is 1. The predicted octanol–water partition coefficient (Wildman–Crippen LogP) is 0.851. The van der Waals surface area contributed by atoms with Gasteiger partial charge in [-0.2, -0.15) is 8.42 Å². The van der Waals surface area contributed by atoms with Crippen LogP contribution < -0.4 is 0 Å². The van der Waals surface area contributed by atoms with E-state index in [1.54, 1.807) is 6.92 Å². The maximum absolute atomic E-state index is 11.1. The van der Waals surface area contributed by atoms with Crippen LogP contribution in [0.5, 0.6) is 0 Å². The van der Waals surface area contributed by atoms with E-state index in [-0.39, 0.29) is 0 Å². The minimum atomic E-state index is -3.88. The molecule has 0 aromatic heterocycles. The van der Waals surface area contributed by atoms with Crippen molar-refractivity contribution in [3.63, 3.8) is 0 Å². The van der Waals surface area contributed by atoms with E-state index in [1.807, 2.05) is 7.05 Å². The molecular formula is C8H18NO3S+. The van der Waals surface area contributed by atoms with Crippen LogP contribution in [-0.2, 0) is 10.1 Å². The zero-order valence-corrected chi connectivity index (χ0v) is 9.05. The molecule has 1 aliphatic rings.